The van der Waals surface area contributed by atoms with E-state index in [-0.39, 0.29) is 23.5 Å². The predicted octanol–water partition coefficient (Wildman–Crippen LogP) is 6.17. The van der Waals surface area contributed by atoms with E-state index in [0.717, 1.165) is 54.1 Å². The van der Waals surface area contributed by atoms with Crippen LogP contribution in [-0.4, -0.2) is 38.8 Å². The second-order valence-corrected chi connectivity index (χ2v) is 12.9. The summed E-state index contributed by atoms with van der Waals surface area (Å²) in [5.74, 6) is 1.31. The van der Waals surface area contributed by atoms with E-state index in [9.17, 15) is 8.42 Å². The van der Waals surface area contributed by atoms with Gasteiger partial charge in [-0.25, -0.2) is 18.1 Å². The molecule has 1 aliphatic carbocycles. The fraction of sp³-hybridized carbons (Fsp3) is 0.273. The number of hydrogen-bond donors (Lipinski definition) is 2. The molecule has 42 heavy (non-hydrogen) atoms. The number of benzene rings is 3. The summed E-state index contributed by atoms with van der Waals surface area (Å²) in [6.07, 6.45) is 5.52. The van der Waals surface area contributed by atoms with Gasteiger partial charge < -0.3 is 10.1 Å². The number of fused-ring (bicyclic) bond motifs is 1. The summed E-state index contributed by atoms with van der Waals surface area (Å²) < 4.78 is 34.3. The zero-order valence-electron chi connectivity index (χ0n) is 23.2. The molecule has 1 saturated carbocycles. The van der Waals surface area contributed by atoms with Crippen LogP contribution in [0.5, 0.6) is 5.75 Å². The molecule has 0 unspecified atom stereocenters. The quantitative estimate of drug-likeness (QED) is 0.201. The summed E-state index contributed by atoms with van der Waals surface area (Å²) in [6.45, 7) is 1.70. The molecule has 0 radical (unpaired) electrons. The van der Waals surface area contributed by atoms with Gasteiger partial charge in [0.05, 0.1) is 5.71 Å². The van der Waals surface area contributed by atoms with Crippen molar-refractivity contribution in [3.63, 3.8) is 0 Å². The van der Waals surface area contributed by atoms with Crippen molar-refractivity contribution in [3.05, 3.63) is 118 Å². The third-order valence-corrected chi connectivity index (χ3v) is 9.77. The lowest BCUT2D eigenvalue weighted by Crippen LogP contribution is -2.44. The molecular formula is C33H33ClN4O3S. The van der Waals surface area contributed by atoms with Crippen molar-refractivity contribution >= 4 is 33.2 Å². The van der Waals surface area contributed by atoms with Crippen molar-refractivity contribution in [2.75, 3.05) is 25.0 Å². The lowest BCUT2D eigenvalue weighted by molar-refractivity contribution is 0.322. The third kappa shape index (κ3) is 6.07. The van der Waals surface area contributed by atoms with Gasteiger partial charge in [0.1, 0.15) is 23.1 Å². The number of rotatable bonds is 11. The van der Waals surface area contributed by atoms with Gasteiger partial charge in [-0.15, -0.1) is 0 Å². The highest BCUT2D eigenvalue weighted by atomic mass is 35.5. The van der Waals surface area contributed by atoms with Gasteiger partial charge in [0.2, 0.25) is 10.0 Å². The summed E-state index contributed by atoms with van der Waals surface area (Å²) in [5, 5.41) is 3.93. The number of aliphatic imine (C=N–C) groups is 1. The summed E-state index contributed by atoms with van der Waals surface area (Å²) >= 11 is 6.18. The average Bonchev–Trinajstić information content (AvgIpc) is 2.99. The Morgan fingerprint density at radius 3 is 2.48 bits per heavy atom. The van der Waals surface area contributed by atoms with E-state index >= 15 is 0 Å². The molecule has 6 rings (SSSR count). The maximum Gasteiger partial charge on any atom is 0.242 e. The Morgan fingerprint density at radius 2 is 1.76 bits per heavy atom. The van der Waals surface area contributed by atoms with Crippen LogP contribution in [0.2, 0.25) is 5.02 Å². The Kier molecular flexibility index (Phi) is 8.29. The van der Waals surface area contributed by atoms with Crippen LogP contribution in [0.3, 0.4) is 0 Å². The first-order valence-corrected chi connectivity index (χ1v) is 16.1. The standard InChI is InChI=1S/C33H33ClN4O3S/c34-27-10-8-26(9-11-27)33(16-4-17-33)32-30-21-28(12-7-25(30)15-18-35-32)41-20-19-38-42(39,40)29-13-14-31(37-23-29)36-22-24-5-2-1-3-6-24/h1-3,5-14,21,23,38H,4,15-20,22H2,(H,36,37). The molecular weight excluding hydrogens is 568 g/mol. The monoisotopic (exact) mass is 600 g/mol. The van der Waals surface area contributed by atoms with Crippen LogP contribution in [0.4, 0.5) is 5.82 Å². The molecule has 1 fully saturated rings. The number of pyridine rings is 1. The molecule has 0 atom stereocenters. The van der Waals surface area contributed by atoms with Crippen molar-refractivity contribution in [1.82, 2.24) is 9.71 Å². The number of nitrogens with zero attached hydrogens (tertiary/aromatic N) is 2. The summed E-state index contributed by atoms with van der Waals surface area (Å²) in [4.78, 5) is 9.40. The molecule has 0 spiro atoms. The molecule has 1 aliphatic heterocycles. The molecule has 7 nitrogen and oxygen atoms in total. The minimum absolute atomic E-state index is 0.103. The molecule has 1 aromatic heterocycles. The second-order valence-electron chi connectivity index (χ2n) is 10.7. The smallest absolute Gasteiger partial charge is 0.242 e. The predicted molar refractivity (Wildman–Crippen MR) is 167 cm³/mol. The lowest BCUT2D eigenvalue weighted by atomic mass is 9.59. The van der Waals surface area contributed by atoms with Crippen LogP contribution in [0.1, 0.15) is 41.5 Å². The van der Waals surface area contributed by atoms with Crippen LogP contribution in [0.25, 0.3) is 0 Å². The first-order chi connectivity index (χ1) is 20.4. The van der Waals surface area contributed by atoms with Gasteiger partial charge in [-0.05, 0) is 72.4 Å². The van der Waals surface area contributed by atoms with Crippen molar-refractivity contribution in [2.45, 2.75) is 42.5 Å². The van der Waals surface area contributed by atoms with Crippen molar-refractivity contribution in [2.24, 2.45) is 4.99 Å². The van der Waals surface area contributed by atoms with Crippen LogP contribution in [-0.2, 0) is 28.4 Å². The number of nitrogens with one attached hydrogen (secondary N) is 2. The minimum Gasteiger partial charge on any atom is -0.492 e. The molecule has 2 heterocycles. The maximum atomic E-state index is 12.8. The van der Waals surface area contributed by atoms with Gasteiger partial charge in [0.25, 0.3) is 0 Å². The highest BCUT2D eigenvalue weighted by Crippen LogP contribution is 2.48. The van der Waals surface area contributed by atoms with E-state index in [1.807, 2.05) is 48.5 Å². The second kappa shape index (κ2) is 12.3. The number of sulfonamides is 1. The van der Waals surface area contributed by atoms with Crippen molar-refractivity contribution in [1.29, 1.82) is 0 Å². The van der Waals surface area contributed by atoms with Gasteiger partial charge >= 0.3 is 0 Å². The van der Waals surface area contributed by atoms with Crippen LogP contribution < -0.4 is 14.8 Å². The fourth-order valence-electron chi connectivity index (χ4n) is 5.69. The molecule has 3 aromatic carbocycles. The van der Waals surface area contributed by atoms with Crippen LogP contribution in [0.15, 0.2) is 101 Å². The van der Waals surface area contributed by atoms with E-state index in [2.05, 4.69) is 39.3 Å². The van der Waals surface area contributed by atoms with Gasteiger partial charge in [0.15, 0.2) is 0 Å². The Bertz CT molecular complexity index is 1670. The van der Waals surface area contributed by atoms with Gasteiger partial charge in [-0.1, -0.05) is 66.6 Å². The normalized spacial score (nSPS) is 15.7. The van der Waals surface area contributed by atoms with E-state index in [1.165, 1.54) is 17.3 Å². The SMILES string of the molecule is O=S(=O)(NCCOc1ccc2c(c1)C(C1(c3ccc(Cl)cc3)CCC1)=NCC2)c1ccc(NCc2ccccc2)nc1. The largest absolute Gasteiger partial charge is 0.492 e. The summed E-state index contributed by atoms with van der Waals surface area (Å²) in [7, 11) is -3.72. The third-order valence-electron chi connectivity index (χ3n) is 8.07. The molecule has 0 amide bonds. The first kappa shape index (κ1) is 28.4. The molecule has 0 bridgehead atoms. The Hall–Kier alpha value is -3.72. The molecule has 0 saturated heterocycles. The number of ether oxygens (including phenoxy) is 1. The van der Waals surface area contributed by atoms with E-state index in [1.54, 1.807) is 12.1 Å². The van der Waals surface area contributed by atoms with Gasteiger partial charge in [0, 0.05) is 41.8 Å². The van der Waals surface area contributed by atoms with Crippen molar-refractivity contribution in [3.8, 4) is 5.75 Å². The van der Waals surface area contributed by atoms with E-state index in [0.29, 0.717) is 18.1 Å². The Morgan fingerprint density at radius 1 is 0.952 bits per heavy atom. The zero-order chi connectivity index (χ0) is 29.0. The molecule has 2 aliphatic rings. The molecule has 2 N–H and O–H groups in total. The van der Waals surface area contributed by atoms with Crippen LogP contribution in [0, 0.1) is 0 Å². The van der Waals surface area contributed by atoms with Crippen LogP contribution >= 0.6 is 11.6 Å². The number of anilines is 1. The number of hydrogen-bond acceptors (Lipinski definition) is 6. The maximum absolute atomic E-state index is 12.8. The van der Waals surface area contributed by atoms with E-state index in [4.69, 9.17) is 21.3 Å². The van der Waals surface area contributed by atoms with Gasteiger partial charge in [-0.3, -0.25) is 4.99 Å². The average molecular weight is 601 g/mol. The number of halogens is 1. The van der Waals surface area contributed by atoms with Crippen molar-refractivity contribution < 1.29 is 13.2 Å². The highest BCUT2D eigenvalue weighted by Gasteiger charge is 2.45. The fourth-order valence-corrected chi connectivity index (χ4v) is 6.77. The molecule has 4 aromatic rings. The zero-order valence-corrected chi connectivity index (χ0v) is 24.8. The summed E-state index contributed by atoms with van der Waals surface area (Å²) in [5.41, 5.74) is 5.78. The summed E-state index contributed by atoms with van der Waals surface area (Å²) in [6, 6.07) is 27.4. The highest BCUT2D eigenvalue weighted by molar-refractivity contribution is 7.89. The molecule has 216 valence electrons. The number of aromatic nitrogens is 1. The minimum atomic E-state index is -3.72. The van der Waals surface area contributed by atoms with Gasteiger partial charge in [-0.2, -0.15) is 0 Å². The Balaban J connectivity index is 1.07. The topological polar surface area (TPSA) is 92.7 Å². The molecule has 9 heteroatoms. The lowest BCUT2D eigenvalue weighted by Gasteiger charge is -2.45. The first-order valence-electron chi connectivity index (χ1n) is 14.2. The Labute approximate surface area is 252 Å². The van der Waals surface area contributed by atoms with E-state index < -0.39 is 10.0 Å².